The molecule has 1 saturated heterocycles. The van der Waals surface area contributed by atoms with Crippen molar-refractivity contribution in [1.82, 2.24) is 10.3 Å². The van der Waals surface area contributed by atoms with E-state index in [0.717, 1.165) is 12.1 Å². The standard InChI is InChI=1S/C11H18N2O3S/c1-8(2)5-9-6-16-11(13-9)10-7-17(14,15)4-3-12-10/h6,8,10,12H,3-5,7H2,1-2H3. The van der Waals surface area contributed by atoms with Crippen LogP contribution >= 0.6 is 0 Å². The predicted molar refractivity (Wildman–Crippen MR) is 64.4 cm³/mol. The number of aromatic nitrogens is 1. The number of nitrogens with zero attached hydrogens (tertiary/aromatic N) is 1. The van der Waals surface area contributed by atoms with Gasteiger partial charge >= 0.3 is 0 Å². The first kappa shape index (κ1) is 12.6. The topological polar surface area (TPSA) is 72.2 Å². The summed E-state index contributed by atoms with van der Waals surface area (Å²) in [5.41, 5.74) is 0.889. The van der Waals surface area contributed by atoms with Gasteiger partial charge in [0.1, 0.15) is 6.26 Å². The van der Waals surface area contributed by atoms with Crippen LogP contribution in [0.1, 0.15) is 31.5 Å². The summed E-state index contributed by atoms with van der Waals surface area (Å²) in [7, 11) is -2.96. The van der Waals surface area contributed by atoms with Crippen molar-refractivity contribution in [2.75, 3.05) is 18.1 Å². The minimum Gasteiger partial charge on any atom is -0.447 e. The van der Waals surface area contributed by atoms with E-state index in [2.05, 4.69) is 24.1 Å². The van der Waals surface area contributed by atoms with E-state index in [9.17, 15) is 8.42 Å². The molecule has 0 bridgehead atoms. The fourth-order valence-corrected chi connectivity index (χ4v) is 3.30. The fraction of sp³-hybridized carbons (Fsp3) is 0.727. The van der Waals surface area contributed by atoms with Gasteiger partial charge in [-0.15, -0.1) is 0 Å². The lowest BCUT2D eigenvalue weighted by atomic mass is 10.1. The largest absolute Gasteiger partial charge is 0.447 e. The van der Waals surface area contributed by atoms with Crippen molar-refractivity contribution in [3.63, 3.8) is 0 Å². The van der Waals surface area contributed by atoms with E-state index in [1.807, 2.05) is 0 Å². The normalized spacial score (nSPS) is 24.1. The van der Waals surface area contributed by atoms with Gasteiger partial charge in [-0.05, 0) is 12.3 Å². The van der Waals surface area contributed by atoms with E-state index in [4.69, 9.17) is 4.42 Å². The Balaban J connectivity index is 2.09. The van der Waals surface area contributed by atoms with Gasteiger partial charge in [0.15, 0.2) is 9.84 Å². The molecule has 0 radical (unpaired) electrons. The van der Waals surface area contributed by atoms with Crippen LogP contribution in [0.5, 0.6) is 0 Å². The molecular weight excluding hydrogens is 240 g/mol. The zero-order valence-electron chi connectivity index (χ0n) is 10.1. The van der Waals surface area contributed by atoms with Crippen molar-refractivity contribution in [2.45, 2.75) is 26.3 Å². The van der Waals surface area contributed by atoms with Crippen LogP contribution in [0.2, 0.25) is 0 Å². The molecule has 5 nitrogen and oxygen atoms in total. The molecule has 1 fully saturated rings. The minimum absolute atomic E-state index is 0.0780. The zero-order chi connectivity index (χ0) is 12.5. The van der Waals surface area contributed by atoms with Crippen molar-refractivity contribution in [2.24, 2.45) is 5.92 Å². The van der Waals surface area contributed by atoms with Crippen molar-refractivity contribution < 1.29 is 12.8 Å². The molecule has 17 heavy (non-hydrogen) atoms. The summed E-state index contributed by atoms with van der Waals surface area (Å²) in [6.45, 7) is 4.68. The second-order valence-corrected chi connectivity index (χ2v) is 7.12. The maximum absolute atomic E-state index is 11.5. The molecule has 0 amide bonds. The maximum atomic E-state index is 11.5. The van der Waals surface area contributed by atoms with Gasteiger partial charge in [-0.25, -0.2) is 13.4 Å². The van der Waals surface area contributed by atoms with Crippen LogP contribution in [-0.2, 0) is 16.3 Å². The summed E-state index contributed by atoms with van der Waals surface area (Å²) < 4.78 is 28.4. The summed E-state index contributed by atoms with van der Waals surface area (Å²) in [4.78, 5) is 4.35. The lowest BCUT2D eigenvalue weighted by Gasteiger charge is -2.20. The van der Waals surface area contributed by atoms with Crippen molar-refractivity contribution in [3.05, 3.63) is 17.8 Å². The molecule has 0 spiro atoms. The summed E-state index contributed by atoms with van der Waals surface area (Å²) in [5, 5.41) is 3.12. The Kier molecular flexibility index (Phi) is 3.53. The molecule has 0 aliphatic carbocycles. The Morgan fingerprint density at radius 1 is 1.59 bits per heavy atom. The Labute approximate surface area is 102 Å². The highest BCUT2D eigenvalue weighted by molar-refractivity contribution is 7.91. The molecule has 2 rings (SSSR count). The van der Waals surface area contributed by atoms with Gasteiger partial charge in [0, 0.05) is 6.54 Å². The molecule has 1 N–H and O–H groups in total. The average Bonchev–Trinajstić information content (AvgIpc) is 2.63. The van der Waals surface area contributed by atoms with Crippen LogP contribution in [0.3, 0.4) is 0 Å². The molecule has 0 saturated carbocycles. The Morgan fingerprint density at radius 3 is 3.00 bits per heavy atom. The second-order valence-electron chi connectivity index (χ2n) is 4.90. The van der Waals surface area contributed by atoms with E-state index in [-0.39, 0.29) is 17.5 Å². The first-order valence-corrected chi connectivity index (χ1v) is 7.66. The van der Waals surface area contributed by atoms with Crippen molar-refractivity contribution >= 4 is 9.84 Å². The van der Waals surface area contributed by atoms with Crippen LogP contribution in [0, 0.1) is 5.92 Å². The smallest absolute Gasteiger partial charge is 0.212 e. The van der Waals surface area contributed by atoms with Gasteiger partial charge in [0.2, 0.25) is 5.89 Å². The minimum atomic E-state index is -2.96. The molecule has 1 unspecified atom stereocenters. The van der Waals surface area contributed by atoms with Gasteiger partial charge in [-0.2, -0.15) is 0 Å². The van der Waals surface area contributed by atoms with E-state index in [1.165, 1.54) is 0 Å². The van der Waals surface area contributed by atoms with E-state index in [1.54, 1.807) is 6.26 Å². The van der Waals surface area contributed by atoms with Gasteiger partial charge in [-0.3, -0.25) is 0 Å². The van der Waals surface area contributed by atoms with Crippen LogP contribution in [0.25, 0.3) is 0 Å². The molecule has 1 aliphatic heterocycles. The molecular formula is C11H18N2O3S. The number of hydrogen-bond donors (Lipinski definition) is 1. The molecule has 1 aromatic heterocycles. The van der Waals surface area contributed by atoms with Gasteiger partial charge in [0.05, 0.1) is 23.2 Å². The number of nitrogens with one attached hydrogen (secondary N) is 1. The maximum Gasteiger partial charge on any atom is 0.212 e. The Morgan fingerprint density at radius 2 is 2.35 bits per heavy atom. The Hall–Kier alpha value is -0.880. The molecule has 1 atom stereocenters. The number of rotatable bonds is 3. The third kappa shape index (κ3) is 3.29. The average molecular weight is 258 g/mol. The third-order valence-electron chi connectivity index (χ3n) is 2.71. The summed E-state index contributed by atoms with van der Waals surface area (Å²) in [5.74, 6) is 1.28. The summed E-state index contributed by atoms with van der Waals surface area (Å²) >= 11 is 0. The monoisotopic (exact) mass is 258 g/mol. The second kappa shape index (κ2) is 4.78. The van der Waals surface area contributed by atoms with Crippen LogP contribution < -0.4 is 5.32 Å². The van der Waals surface area contributed by atoms with Gasteiger partial charge < -0.3 is 9.73 Å². The van der Waals surface area contributed by atoms with Gasteiger partial charge in [0.25, 0.3) is 0 Å². The molecule has 0 aromatic carbocycles. The lowest BCUT2D eigenvalue weighted by molar-refractivity contribution is 0.412. The van der Waals surface area contributed by atoms with Crippen LogP contribution in [-0.4, -0.2) is 31.5 Å². The number of oxazole rings is 1. The highest BCUT2D eigenvalue weighted by Crippen LogP contribution is 2.19. The lowest BCUT2D eigenvalue weighted by Crippen LogP contribution is -2.39. The molecule has 6 heteroatoms. The predicted octanol–water partition coefficient (Wildman–Crippen LogP) is 0.932. The quantitative estimate of drug-likeness (QED) is 0.873. The van der Waals surface area contributed by atoms with Crippen molar-refractivity contribution in [3.8, 4) is 0 Å². The van der Waals surface area contributed by atoms with Crippen molar-refractivity contribution in [1.29, 1.82) is 0 Å². The SMILES string of the molecule is CC(C)Cc1coc(C2CS(=O)(=O)CCN2)n1. The Bertz CT molecular complexity index is 479. The fourth-order valence-electron chi connectivity index (χ4n) is 1.94. The first-order chi connectivity index (χ1) is 7.96. The molecule has 1 aromatic rings. The van der Waals surface area contributed by atoms with E-state index < -0.39 is 9.84 Å². The van der Waals surface area contributed by atoms with Crippen LogP contribution in [0.15, 0.2) is 10.7 Å². The number of hydrogen-bond acceptors (Lipinski definition) is 5. The first-order valence-electron chi connectivity index (χ1n) is 5.84. The molecule has 96 valence electrons. The molecule has 1 aliphatic rings. The third-order valence-corrected chi connectivity index (χ3v) is 4.38. The van der Waals surface area contributed by atoms with E-state index >= 15 is 0 Å². The van der Waals surface area contributed by atoms with Crippen LogP contribution in [0.4, 0.5) is 0 Å². The van der Waals surface area contributed by atoms with E-state index in [0.29, 0.717) is 18.4 Å². The van der Waals surface area contributed by atoms with Gasteiger partial charge in [-0.1, -0.05) is 13.8 Å². The summed E-state index contributed by atoms with van der Waals surface area (Å²) in [6.07, 6.45) is 2.47. The highest BCUT2D eigenvalue weighted by atomic mass is 32.2. The zero-order valence-corrected chi connectivity index (χ0v) is 11.0. The number of sulfone groups is 1. The molecule has 2 heterocycles. The highest BCUT2D eigenvalue weighted by Gasteiger charge is 2.28. The summed E-state index contributed by atoms with van der Waals surface area (Å²) in [6, 6.07) is -0.297.